The summed E-state index contributed by atoms with van der Waals surface area (Å²) in [5.41, 5.74) is 9.04. The van der Waals surface area contributed by atoms with Crippen LogP contribution in [0.25, 0.3) is 11.1 Å². The van der Waals surface area contributed by atoms with Gasteiger partial charge in [0, 0.05) is 37.6 Å². The highest BCUT2D eigenvalue weighted by Crippen LogP contribution is 2.38. The van der Waals surface area contributed by atoms with E-state index in [1.54, 1.807) is 0 Å². The molecule has 4 aromatic carbocycles. The van der Waals surface area contributed by atoms with Gasteiger partial charge in [-0.15, -0.1) is 0 Å². The van der Waals surface area contributed by atoms with Crippen LogP contribution in [0.3, 0.4) is 0 Å². The zero-order chi connectivity index (χ0) is 32.8. The van der Waals surface area contributed by atoms with Crippen LogP contribution in [-0.2, 0) is 18.9 Å². The molecule has 4 unspecified atom stereocenters. The van der Waals surface area contributed by atoms with Crippen molar-refractivity contribution in [3.63, 3.8) is 0 Å². The Morgan fingerprint density at radius 3 is 1.00 bits per heavy atom. The molecule has 0 spiro atoms. The van der Waals surface area contributed by atoms with Gasteiger partial charge in [0.25, 0.3) is 0 Å². The molecule has 0 aliphatic carbocycles. The summed E-state index contributed by atoms with van der Waals surface area (Å²) < 4.78 is 34.8. The first kappa shape index (κ1) is 31.2. The van der Waals surface area contributed by atoms with E-state index in [1.807, 2.05) is 0 Å². The molecule has 0 amide bonds. The van der Waals surface area contributed by atoms with Crippen molar-refractivity contribution in [3.8, 4) is 34.1 Å². The van der Waals surface area contributed by atoms with Gasteiger partial charge in [0.2, 0.25) is 0 Å². The molecule has 48 heavy (non-hydrogen) atoms. The molecular formula is C40H44N2O6. The van der Waals surface area contributed by atoms with Gasteiger partial charge in [0.15, 0.2) is 0 Å². The third-order valence-electron chi connectivity index (χ3n) is 9.40. The van der Waals surface area contributed by atoms with Crippen LogP contribution >= 0.6 is 0 Å². The van der Waals surface area contributed by atoms with Crippen LogP contribution < -0.4 is 19.3 Å². The lowest BCUT2D eigenvalue weighted by Gasteiger charge is -2.23. The Bertz CT molecular complexity index is 1550. The Morgan fingerprint density at radius 2 is 0.750 bits per heavy atom. The van der Waals surface area contributed by atoms with Gasteiger partial charge in [-0.05, 0) is 134 Å². The summed E-state index contributed by atoms with van der Waals surface area (Å²) in [6, 6.07) is 25.6. The Hall–Kier alpha value is -4.08. The van der Waals surface area contributed by atoms with E-state index in [4.69, 9.17) is 28.4 Å². The molecule has 4 aromatic rings. The van der Waals surface area contributed by atoms with Gasteiger partial charge in [-0.3, -0.25) is 0 Å². The second-order valence-electron chi connectivity index (χ2n) is 13.7. The molecule has 4 saturated heterocycles. The lowest BCUT2D eigenvalue weighted by Crippen LogP contribution is -2.31. The van der Waals surface area contributed by atoms with E-state index in [2.05, 4.69) is 110 Å². The van der Waals surface area contributed by atoms with Gasteiger partial charge < -0.3 is 38.2 Å². The number of anilines is 2. The van der Waals surface area contributed by atoms with Crippen LogP contribution in [0.1, 0.15) is 22.3 Å². The van der Waals surface area contributed by atoms with E-state index in [-0.39, 0.29) is 0 Å². The molecular weight excluding hydrogens is 604 g/mol. The van der Waals surface area contributed by atoms with Crippen molar-refractivity contribution in [2.75, 3.05) is 62.4 Å². The second-order valence-corrected chi connectivity index (χ2v) is 13.7. The molecule has 4 fully saturated rings. The zero-order valence-electron chi connectivity index (χ0n) is 28.2. The first-order valence-corrected chi connectivity index (χ1v) is 17.1. The third kappa shape index (κ3) is 7.63. The summed E-state index contributed by atoms with van der Waals surface area (Å²) in [7, 11) is 0. The van der Waals surface area contributed by atoms with Gasteiger partial charge in [-0.2, -0.15) is 0 Å². The van der Waals surface area contributed by atoms with Crippen molar-refractivity contribution in [1.82, 2.24) is 0 Å². The van der Waals surface area contributed by atoms with Crippen LogP contribution in [0, 0.1) is 27.7 Å². The van der Waals surface area contributed by atoms with Crippen molar-refractivity contribution in [1.29, 1.82) is 0 Å². The summed E-state index contributed by atoms with van der Waals surface area (Å²) >= 11 is 0. The molecule has 0 saturated carbocycles. The summed E-state index contributed by atoms with van der Waals surface area (Å²) in [4.78, 5) is 4.71. The number of ether oxygens (including phenoxy) is 6. The zero-order valence-corrected chi connectivity index (χ0v) is 28.2. The monoisotopic (exact) mass is 648 g/mol. The summed E-state index contributed by atoms with van der Waals surface area (Å²) in [5, 5.41) is 0. The Balaban J connectivity index is 0.943. The highest BCUT2D eigenvalue weighted by molar-refractivity contribution is 5.71. The van der Waals surface area contributed by atoms with E-state index in [9.17, 15) is 0 Å². The van der Waals surface area contributed by atoms with Gasteiger partial charge in [-0.1, -0.05) is 0 Å². The van der Waals surface area contributed by atoms with Gasteiger partial charge in [-0.25, -0.2) is 0 Å². The molecule has 4 heterocycles. The molecule has 0 N–H and O–H groups in total. The Kier molecular flexibility index (Phi) is 8.51. The number of epoxide rings is 4. The fourth-order valence-electron chi connectivity index (χ4n) is 6.49. The van der Waals surface area contributed by atoms with E-state index in [0.717, 1.165) is 120 Å². The van der Waals surface area contributed by atoms with Gasteiger partial charge >= 0.3 is 0 Å². The number of nitrogens with zero attached hydrogens (tertiary/aromatic N) is 2. The molecule has 4 aliphatic heterocycles. The van der Waals surface area contributed by atoms with Crippen LogP contribution in [0.4, 0.5) is 11.4 Å². The van der Waals surface area contributed by atoms with Crippen molar-refractivity contribution < 1.29 is 28.4 Å². The minimum Gasteiger partial charge on any atom is -0.457 e. The Labute approximate surface area is 283 Å². The molecule has 4 aliphatic rings. The number of hydrogen-bond acceptors (Lipinski definition) is 8. The van der Waals surface area contributed by atoms with E-state index >= 15 is 0 Å². The minimum atomic E-state index is 0.328. The highest BCUT2D eigenvalue weighted by Gasteiger charge is 2.32. The first-order valence-electron chi connectivity index (χ1n) is 17.1. The van der Waals surface area contributed by atoms with Crippen molar-refractivity contribution in [2.45, 2.75) is 52.1 Å². The van der Waals surface area contributed by atoms with Gasteiger partial charge in [0.05, 0.1) is 50.8 Å². The van der Waals surface area contributed by atoms with Crippen molar-refractivity contribution >= 4 is 11.4 Å². The summed E-state index contributed by atoms with van der Waals surface area (Å²) in [6.07, 6.45) is 1.31. The second kappa shape index (κ2) is 13.1. The molecule has 8 heteroatoms. The third-order valence-corrected chi connectivity index (χ3v) is 9.40. The minimum absolute atomic E-state index is 0.328. The van der Waals surface area contributed by atoms with Crippen LogP contribution in [0.2, 0.25) is 0 Å². The lowest BCUT2D eigenvalue weighted by molar-refractivity contribution is 0.388. The highest BCUT2D eigenvalue weighted by atomic mass is 16.6. The molecule has 4 atom stereocenters. The fraction of sp³-hybridized carbons (Fsp3) is 0.400. The number of hydrogen-bond donors (Lipinski definition) is 0. The lowest BCUT2D eigenvalue weighted by atomic mass is 9.96. The maximum Gasteiger partial charge on any atom is 0.133 e. The van der Waals surface area contributed by atoms with Crippen molar-refractivity contribution in [2.24, 2.45) is 0 Å². The summed E-state index contributed by atoms with van der Waals surface area (Å²) in [5.74, 6) is 3.44. The number of benzene rings is 4. The van der Waals surface area contributed by atoms with E-state index in [0.29, 0.717) is 24.4 Å². The first-order chi connectivity index (χ1) is 23.3. The quantitative estimate of drug-likeness (QED) is 0.124. The summed E-state index contributed by atoms with van der Waals surface area (Å²) in [6.45, 7) is 15.4. The molecule has 8 rings (SSSR count). The van der Waals surface area contributed by atoms with Gasteiger partial charge in [0.1, 0.15) is 23.0 Å². The van der Waals surface area contributed by atoms with Crippen LogP contribution in [0.5, 0.6) is 23.0 Å². The predicted octanol–water partition coefficient (Wildman–Crippen LogP) is 7.38. The topological polar surface area (TPSA) is 75.1 Å². The smallest absolute Gasteiger partial charge is 0.133 e. The molecule has 0 bridgehead atoms. The van der Waals surface area contributed by atoms with Crippen LogP contribution in [0.15, 0.2) is 72.8 Å². The van der Waals surface area contributed by atoms with Crippen molar-refractivity contribution in [3.05, 3.63) is 95.1 Å². The molecule has 250 valence electrons. The van der Waals surface area contributed by atoms with Crippen LogP contribution in [-0.4, -0.2) is 77.0 Å². The average Bonchev–Trinajstić information content (AvgIpc) is 3.88. The van der Waals surface area contributed by atoms with E-state index < -0.39 is 0 Å². The maximum atomic E-state index is 6.45. The molecule has 8 nitrogen and oxygen atoms in total. The van der Waals surface area contributed by atoms with E-state index in [1.165, 1.54) is 0 Å². The Morgan fingerprint density at radius 1 is 0.479 bits per heavy atom. The average molecular weight is 649 g/mol. The normalized spacial score (nSPS) is 21.8. The standard InChI is InChI=1S/C40H44N2O6/c1-25-13-29(14-26(2)39(25)47-33-9-5-31(6-10-33)41(17-35-21-43-35)18-36-22-44-36)30-15-27(3)40(28(4)16-30)48-34-11-7-32(8-12-34)42(19-37-23-45-37)20-38-24-46-38/h5-16,35-38H,17-24H2,1-4H3. The molecule has 0 aromatic heterocycles. The maximum absolute atomic E-state index is 6.45. The largest absolute Gasteiger partial charge is 0.457 e. The fourth-order valence-corrected chi connectivity index (χ4v) is 6.49. The number of aryl methyl sites for hydroxylation is 4. The molecule has 0 radical (unpaired) electrons. The number of rotatable bonds is 15. The SMILES string of the molecule is Cc1cc(-c2cc(C)c(Oc3ccc(N(CC4CO4)CC4CO4)cc3)c(C)c2)cc(C)c1Oc1ccc(N(CC2CO2)CC2CO2)cc1. The predicted molar refractivity (Wildman–Crippen MR) is 187 cm³/mol.